The molecule has 104 valence electrons. The molecule has 0 aliphatic rings. The van der Waals surface area contributed by atoms with Gasteiger partial charge in [-0.3, -0.25) is 0 Å². The molecule has 6 nitrogen and oxygen atoms in total. The van der Waals surface area contributed by atoms with E-state index in [2.05, 4.69) is 10.6 Å². The lowest BCUT2D eigenvalue weighted by atomic mass is 10.2. The smallest absolute Gasteiger partial charge is 0.332 e. The van der Waals surface area contributed by atoms with Crippen molar-refractivity contribution in [2.45, 2.75) is 12.5 Å². The fourth-order valence-electron chi connectivity index (χ4n) is 1.20. The lowest BCUT2D eigenvalue weighted by molar-refractivity contribution is -0.146. The number of carbonyl (C=O) groups excluding carboxylic acids is 1. The molecule has 0 aliphatic heterocycles. The number of urea groups is 1. The molecular weight excluding hydrogens is 262 g/mol. The van der Waals surface area contributed by atoms with Gasteiger partial charge in [0.15, 0.2) is 17.7 Å². The lowest BCUT2D eigenvalue weighted by Crippen LogP contribution is -2.33. The average molecular weight is 274 g/mol. The number of hydrogen-bond acceptors (Lipinski definition) is 3. The Bertz CT molecular complexity index is 482. The first-order valence-electron chi connectivity index (χ1n) is 5.31. The molecule has 0 spiro atoms. The Hall–Kier alpha value is -2.22. The van der Waals surface area contributed by atoms with Crippen LogP contribution < -0.4 is 10.6 Å². The molecule has 0 aliphatic carbocycles. The number of anilines is 1. The molecular formula is C11H12F2N2O4. The van der Waals surface area contributed by atoms with Gasteiger partial charge in [0, 0.05) is 24.7 Å². The zero-order valence-corrected chi connectivity index (χ0v) is 9.69. The van der Waals surface area contributed by atoms with Crippen LogP contribution in [0.1, 0.15) is 6.42 Å². The number of aliphatic hydroxyl groups excluding tert-OH is 1. The summed E-state index contributed by atoms with van der Waals surface area (Å²) in [7, 11) is 0. The summed E-state index contributed by atoms with van der Waals surface area (Å²) < 4.78 is 25.4. The number of carboxylic acid groups (broad SMARTS) is 1. The third-order valence-corrected chi connectivity index (χ3v) is 2.17. The van der Waals surface area contributed by atoms with Gasteiger partial charge in [-0.25, -0.2) is 18.4 Å². The number of nitrogens with one attached hydrogen (secondary N) is 2. The first-order valence-corrected chi connectivity index (χ1v) is 5.31. The van der Waals surface area contributed by atoms with E-state index in [1.54, 1.807) is 0 Å². The Morgan fingerprint density at radius 1 is 1.26 bits per heavy atom. The van der Waals surface area contributed by atoms with Gasteiger partial charge in [-0.1, -0.05) is 0 Å². The summed E-state index contributed by atoms with van der Waals surface area (Å²) in [5.41, 5.74) is 0.0511. The molecule has 0 heterocycles. The fraction of sp³-hybridized carbons (Fsp3) is 0.273. The predicted molar refractivity (Wildman–Crippen MR) is 61.6 cm³/mol. The van der Waals surface area contributed by atoms with Gasteiger partial charge in [0.25, 0.3) is 0 Å². The van der Waals surface area contributed by atoms with Crippen molar-refractivity contribution in [2.75, 3.05) is 11.9 Å². The summed E-state index contributed by atoms with van der Waals surface area (Å²) in [6.07, 6.45) is -1.73. The van der Waals surface area contributed by atoms with Crippen LogP contribution in [0.15, 0.2) is 18.2 Å². The van der Waals surface area contributed by atoms with Crippen molar-refractivity contribution in [1.82, 2.24) is 5.32 Å². The van der Waals surface area contributed by atoms with Crippen molar-refractivity contribution in [3.63, 3.8) is 0 Å². The van der Waals surface area contributed by atoms with Crippen LogP contribution in [-0.4, -0.2) is 34.9 Å². The van der Waals surface area contributed by atoms with E-state index in [0.717, 1.165) is 12.1 Å². The Balaban J connectivity index is 2.39. The lowest BCUT2D eigenvalue weighted by Gasteiger charge is -2.09. The Kier molecular flexibility index (Phi) is 5.19. The van der Waals surface area contributed by atoms with Crippen LogP contribution in [0.4, 0.5) is 19.3 Å². The number of aliphatic hydroxyl groups is 1. The van der Waals surface area contributed by atoms with Crippen LogP contribution in [0.25, 0.3) is 0 Å². The maximum atomic E-state index is 12.8. The maximum absolute atomic E-state index is 12.8. The molecule has 0 radical (unpaired) electrons. The normalized spacial score (nSPS) is 11.7. The number of amides is 2. The number of benzene rings is 1. The van der Waals surface area contributed by atoms with Gasteiger partial charge in [-0.2, -0.15) is 0 Å². The highest BCUT2D eigenvalue weighted by Gasteiger charge is 2.13. The van der Waals surface area contributed by atoms with Crippen molar-refractivity contribution in [1.29, 1.82) is 0 Å². The molecule has 19 heavy (non-hydrogen) atoms. The van der Waals surface area contributed by atoms with Crippen molar-refractivity contribution in [3.05, 3.63) is 29.8 Å². The van der Waals surface area contributed by atoms with Gasteiger partial charge in [-0.15, -0.1) is 0 Å². The molecule has 0 aromatic heterocycles. The molecule has 1 rings (SSSR count). The van der Waals surface area contributed by atoms with Crippen LogP contribution in [0.2, 0.25) is 0 Å². The first-order chi connectivity index (χ1) is 8.90. The van der Waals surface area contributed by atoms with Gasteiger partial charge in [0.2, 0.25) is 0 Å². The largest absolute Gasteiger partial charge is 0.479 e. The number of carbonyl (C=O) groups is 2. The van der Waals surface area contributed by atoms with Crippen LogP contribution in [0.5, 0.6) is 0 Å². The second kappa shape index (κ2) is 6.64. The van der Waals surface area contributed by atoms with Crippen molar-refractivity contribution < 1.29 is 28.6 Å². The molecule has 1 unspecified atom stereocenters. The molecule has 1 aromatic carbocycles. The molecule has 1 aromatic rings. The number of hydrogen-bond donors (Lipinski definition) is 4. The SMILES string of the molecule is O=C(NCCC(O)C(=O)O)Nc1ccc(F)c(F)c1. The van der Waals surface area contributed by atoms with E-state index in [1.165, 1.54) is 6.07 Å². The van der Waals surface area contributed by atoms with E-state index < -0.39 is 29.7 Å². The Labute approximate surface area is 107 Å². The number of carboxylic acids is 1. The van der Waals surface area contributed by atoms with E-state index in [4.69, 9.17) is 10.2 Å². The zero-order valence-electron chi connectivity index (χ0n) is 9.69. The highest BCUT2D eigenvalue weighted by Crippen LogP contribution is 2.12. The molecule has 0 bridgehead atoms. The number of aliphatic carboxylic acids is 1. The molecule has 0 saturated carbocycles. The Morgan fingerprint density at radius 2 is 1.95 bits per heavy atom. The monoisotopic (exact) mass is 274 g/mol. The zero-order chi connectivity index (χ0) is 14.4. The summed E-state index contributed by atoms with van der Waals surface area (Å²) in [5.74, 6) is -3.52. The number of rotatable bonds is 5. The summed E-state index contributed by atoms with van der Waals surface area (Å²) in [6.45, 7) is -0.0804. The van der Waals surface area contributed by atoms with Gasteiger partial charge in [0.05, 0.1) is 0 Å². The highest BCUT2D eigenvalue weighted by atomic mass is 19.2. The first kappa shape index (κ1) is 14.8. The predicted octanol–water partition coefficient (Wildman–Crippen LogP) is 0.922. The summed E-state index contributed by atoms with van der Waals surface area (Å²) in [5, 5.41) is 21.8. The third kappa shape index (κ3) is 4.88. The summed E-state index contributed by atoms with van der Waals surface area (Å²) in [4.78, 5) is 21.6. The maximum Gasteiger partial charge on any atom is 0.332 e. The van der Waals surface area contributed by atoms with Crippen molar-refractivity contribution in [3.8, 4) is 0 Å². The molecule has 8 heteroatoms. The summed E-state index contributed by atoms with van der Waals surface area (Å²) in [6, 6.07) is 2.12. The van der Waals surface area contributed by atoms with Crippen molar-refractivity contribution in [2.24, 2.45) is 0 Å². The van der Waals surface area contributed by atoms with E-state index in [-0.39, 0.29) is 18.7 Å². The van der Waals surface area contributed by atoms with Gasteiger partial charge < -0.3 is 20.8 Å². The van der Waals surface area contributed by atoms with E-state index >= 15 is 0 Å². The van der Waals surface area contributed by atoms with E-state index in [9.17, 15) is 18.4 Å². The topological polar surface area (TPSA) is 98.7 Å². The fourth-order valence-corrected chi connectivity index (χ4v) is 1.20. The van der Waals surface area contributed by atoms with Gasteiger partial charge >= 0.3 is 12.0 Å². The second-order valence-electron chi connectivity index (χ2n) is 3.65. The average Bonchev–Trinajstić information content (AvgIpc) is 2.33. The third-order valence-electron chi connectivity index (χ3n) is 2.17. The van der Waals surface area contributed by atoms with Gasteiger partial charge in [-0.05, 0) is 12.1 Å². The standard InChI is InChI=1S/C11H12F2N2O4/c12-7-2-1-6(5-8(7)13)15-11(19)14-4-3-9(16)10(17)18/h1-2,5,9,16H,3-4H2,(H,17,18)(H2,14,15,19). The van der Waals surface area contributed by atoms with Crippen LogP contribution >= 0.6 is 0 Å². The molecule has 4 N–H and O–H groups in total. The minimum Gasteiger partial charge on any atom is -0.479 e. The highest BCUT2D eigenvalue weighted by molar-refractivity contribution is 5.89. The molecule has 2 amide bonds. The van der Waals surface area contributed by atoms with Crippen molar-refractivity contribution >= 4 is 17.7 Å². The molecule has 1 atom stereocenters. The van der Waals surface area contributed by atoms with Gasteiger partial charge in [0.1, 0.15) is 0 Å². The van der Waals surface area contributed by atoms with E-state index in [0.29, 0.717) is 0 Å². The number of halogens is 2. The summed E-state index contributed by atoms with van der Waals surface area (Å²) >= 11 is 0. The molecule has 0 saturated heterocycles. The Morgan fingerprint density at radius 3 is 2.53 bits per heavy atom. The van der Waals surface area contributed by atoms with Crippen LogP contribution in [0, 0.1) is 11.6 Å². The second-order valence-corrected chi connectivity index (χ2v) is 3.65. The molecule has 0 fully saturated rings. The van der Waals surface area contributed by atoms with Crippen LogP contribution in [0.3, 0.4) is 0 Å². The minimum atomic E-state index is -1.57. The van der Waals surface area contributed by atoms with E-state index in [1.807, 2.05) is 0 Å². The van der Waals surface area contributed by atoms with Crippen LogP contribution in [-0.2, 0) is 4.79 Å². The quantitative estimate of drug-likeness (QED) is 0.641. The minimum absolute atomic E-state index is 0.0511.